The molecular formula is C12H16BN3O3. The summed E-state index contributed by atoms with van der Waals surface area (Å²) in [7, 11) is -1.54. The van der Waals surface area contributed by atoms with E-state index in [0.717, 1.165) is 36.8 Å². The Morgan fingerprint density at radius 2 is 2.21 bits per heavy atom. The molecule has 19 heavy (non-hydrogen) atoms. The van der Waals surface area contributed by atoms with Crippen LogP contribution in [0, 0.1) is 0 Å². The summed E-state index contributed by atoms with van der Waals surface area (Å²) in [6.07, 6.45) is 4.66. The van der Waals surface area contributed by atoms with Gasteiger partial charge < -0.3 is 20.5 Å². The van der Waals surface area contributed by atoms with Crippen LogP contribution in [0.2, 0.25) is 0 Å². The van der Waals surface area contributed by atoms with E-state index < -0.39 is 7.12 Å². The number of rotatable bonds is 2. The first-order valence-electron chi connectivity index (χ1n) is 6.41. The highest BCUT2D eigenvalue weighted by atomic mass is 16.5. The molecule has 6 nitrogen and oxygen atoms in total. The van der Waals surface area contributed by atoms with Crippen LogP contribution in [0.3, 0.4) is 0 Å². The Labute approximate surface area is 110 Å². The second-order valence-corrected chi connectivity index (χ2v) is 4.83. The SMILES string of the molecule is Nc1cc(B(O)O)cc2c1cnn2C1CCCCO1. The predicted molar refractivity (Wildman–Crippen MR) is 72.8 cm³/mol. The van der Waals surface area contributed by atoms with Crippen molar-refractivity contribution < 1.29 is 14.8 Å². The molecule has 1 fully saturated rings. The molecule has 0 amide bonds. The Bertz CT molecular complexity index is 593. The van der Waals surface area contributed by atoms with Crippen LogP contribution in [0.4, 0.5) is 5.69 Å². The number of hydrogen-bond acceptors (Lipinski definition) is 5. The predicted octanol–water partition coefficient (Wildman–Crippen LogP) is -0.00260. The summed E-state index contributed by atoms with van der Waals surface area (Å²) in [5, 5.41) is 23.7. The third-order valence-corrected chi connectivity index (χ3v) is 3.50. The number of anilines is 1. The largest absolute Gasteiger partial charge is 0.488 e. The van der Waals surface area contributed by atoms with E-state index in [1.54, 1.807) is 23.0 Å². The van der Waals surface area contributed by atoms with E-state index in [1.165, 1.54) is 0 Å². The smallest absolute Gasteiger partial charge is 0.423 e. The van der Waals surface area contributed by atoms with Crippen LogP contribution in [-0.2, 0) is 4.74 Å². The van der Waals surface area contributed by atoms with Gasteiger partial charge in [0.05, 0.1) is 11.7 Å². The average Bonchev–Trinajstić information content (AvgIpc) is 2.84. The number of nitrogens with zero attached hydrogens (tertiary/aromatic N) is 2. The molecule has 1 aliphatic rings. The second kappa shape index (κ2) is 4.84. The molecule has 0 bridgehead atoms. The van der Waals surface area contributed by atoms with Crippen molar-refractivity contribution in [1.29, 1.82) is 0 Å². The lowest BCUT2D eigenvalue weighted by Gasteiger charge is -2.23. The molecule has 1 aliphatic heterocycles. The van der Waals surface area contributed by atoms with E-state index in [2.05, 4.69) is 5.10 Å². The van der Waals surface area contributed by atoms with Gasteiger partial charge in [-0.15, -0.1) is 0 Å². The molecule has 4 N–H and O–H groups in total. The zero-order valence-electron chi connectivity index (χ0n) is 10.5. The van der Waals surface area contributed by atoms with Gasteiger partial charge in [-0.1, -0.05) is 0 Å². The van der Waals surface area contributed by atoms with Gasteiger partial charge in [-0.2, -0.15) is 5.10 Å². The molecule has 7 heteroatoms. The van der Waals surface area contributed by atoms with Crippen molar-refractivity contribution in [3.8, 4) is 0 Å². The molecule has 1 aromatic carbocycles. The quantitative estimate of drug-likeness (QED) is 0.522. The zero-order valence-corrected chi connectivity index (χ0v) is 10.5. The fourth-order valence-corrected chi connectivity index (χ4v) is 2.49. The fourth-order valence-electron chi connectivity index (χ4n) is 2.49. The van der Waals surface area contributed by atoms with Gasteiger partial charge in [0.15, 0.2) is 6.23 Å². The number of nitrogen functional groups attached to an aromatic ring is 1. The van der Waals surface area contributed by atoms with Crippen LogP contribution in [0.25, 0.3) is 10.9 Å². The molecule has 2 heterocycles. The summed E-state index contributed by atoms with van der Waals surface area (Å²) < 4.78 is 7.48. The number of benzene rings is 1. The standard InChI is InChI=1S/C12H16BN3O3/c14-10-5-8(13(17)18)6-11-9(10)7-15-16(11)12-3-1-2-4-19-12/h5-7,12,17-18H,1-4,14H2. The Morgan fingerprint density at radius 1 is 1.37 bits per heavy atom. The van der Waals surface area contributed by atoms with Crippen LogP contribution in [-0.4, -0.2) is 33.6 Å². The van der Waals surface area contributed by atoms with Gasteiger partial charge in [-0.05, 0) is 36.9 Å². The fraction of sp³-hybridized carbons (Fsp3) is 0.417. The summed E-state index contributed by atoms with van der Waals surface area (Å²) in [4.78, 5) is 0. The summed E-state index contributed by atoms with van der Waals surface area (Å²) >= 11 is 0. The van der Waals surface area contributed by atoms with E-state index in [9.17, 15) is 10.0 Å². The van der Waals surface area contributed by atoms with E-state index in [0.29, 0.717) is 11.2 Å². The van der Waals surface area contributed by atoms with E-state index in [-0.39, 0.29) is 6.23 Å². The Morgan fingerprint density at radius 3 is 2.89 bits per heavy atom. The molecule has 0 spiro atoms. The van der Waals surface area contributed by atoms with Crippen molar-refractivity contribution in [3.05, 3.63) is 18.3 Å². The van der Waals surface area contributed by atoms with Crippen molar-refractivity contribution >= 4 is 29.2 Å². The van der Waals surface area contributed by atoms with Gasteiger partial charge in [0.2, 0.25) is 0 Å². The molecule has 2 aromatic rings. The molecule has 1 aromatic heterocycles. The van der Waals surface area contributed by atoms with E-state index in [1.807, 2.05) is 0 Å². The Hall–Kier alpha value is -1.57. The molecule has 3 rings (SSSR count). The van der Waals surface area contributed by atoms with Crippen LogP contribution < -0.4 is 11.2 Å². The Balaban J connectivity index is 2.09. The van der Waals surface area contributed by atoms with Gasteiger partial charge in [0, 0.05) is 17.7 Å². The lowest BCUT2D eigenvalue weighted by Crippen LogP contribution is -2.30. The van der Waals surface area contributed by atoms with Crippen LogP contribution >= 0.6 is 0 Å². The second-order valence-electron chi connectivity index (χ2n) is 4.83. The van der Waals surface area contributed by atoms with Crippen molar-refractivity contribution in [2.45, 2.75) is 25.5 Å². The minimum Gasteiger partial charge on any atom is -0.423 e. The lowest BCUT2D eigenvalue weighted by molar-refractivity contribution is -0.0366. The first-order chi connectivity index (χ1) is 9.16. The maximum absolute atomic E-state index is 9.29. The monoisotopic (exact) mass is 261 g/mol. The summed E-state index contributed by atoms with van der Waals surface area (Å²) in [6, 6.07) is 3.25. The molecule has 1 unspecified atom stereocenters. The maximum atomic E-state index is 9.29. The highest BCUT2D eigenvalue weighted by molar-refractivity contribution is 6.59. The van der Waals surface area contributed by atoms with E-state index in [4.69, 9.17) is 10.5 Å². The van der Waals surface area contributed by atoms with Gasteiger partial charge in [-0.3, -0.25) is 0 Å². The number of hydrogen-bond donors (Lipinski definition) is 3. The first-order valence-corrected chi connectivity index (χ1v) is 6.41. The van der Waals surface area contributed by atoms with Gasteiger partial charge in [0.1, 0.15) is 0 Å². The average molecular weight is 261 g/mol. The van der Waals surface area contributed by atoms with Crippen LogP contribution in [0.5, 0.6) is 0 Å². The third-order valence-electron chi connectivity index (χ3n) is 3.50. The van der Waals surface area contributed by atoms with Gasteiger partial charge in [0.25, 0.3) is 0 Å². The summed E-state index contributed by atoms with van der Waals surface area (Å²) in [5.74, 6) is 0. The van der Waals surface area contributed by atoms with Crippen LogP contribution in [0.15, 0.2) is 18.3 Å². The highest BCUT2D eigenvalue weighted by Gasteiger charge is 2.21. The number of ether oxygens (including phenoxy) is 1. The zero-order chi connectivity index (χ0) is 13.4. The van der Waals surface area contributed by atoms with Crippen LogP contribution in [0.1, 0.15) is 25.5 Å². The van der Waals surface area contributed by atoms with Crippen molar-refractivity contribution in [1.82, 2.24) is 9.78 Å². The lowest BCUT2D eigenvalue weighted by atomic mass is 9.79. The summed E-state index contributed by atoms with van der Waals surface area (Å²) in [5.41, 5.74) is 7.55. The topological polar surface area (TPSA) is 93.5 Å². The van der Waals surface area contributed by atoms with Crippen molar-refractivity contribution in [2.75, 3.05) is 12.3 Å². The number of nitrogens with two attached hydrogens (primary N) is 1. The maximum Gasteiger partial charge on any atom is 0.488 e. The molecular weight excluding hydrogens is 245 g/mol. The van der Waals surface area contributed by atoms with Gasteiger partial charge >= 0.3 is 7.12 Å². The molecule has 0 saturated carbocycles. The molecule has 0 radical (unpaired) electrons. The van der Waals surface area contributed by atoms with E-state index >= 15 is 0 Å². The Kier molecular flexibility index (Phi) is 3.18. The molecule has 1 saturated heterocycles. The highest BCUT2D eigenvalue weighted by Crippen LogP contribution is 2.27. The molecule has 1 atom stereocenters. The van der Waals surface area contributed by atoms with Crippen molar-refractivity contribution in [3.63, 3.8) is 0 Å². The summed E-state index contributed by atoms with van der Waals surface area (Å²) in [6.45, 7) is 0.726. The minimum absolute atomic E-state index is 0.100. The number of aromatic nitrogens is 2. The molecule has 100 valence electrons. The third kappa shape index (κ3) is 2.20. The van der Waals surface area contributed by atoms with Gasteiger partial charge in [-0.25, -0.2) is 4.68 Å². The minimum atomic E-state index is -1.54. The normalized spacial score (nSPS) is 19.8. The number of fused-ring (bicyclic) bond motifs is 1. The molecule has 0 aliphatic carbocycles. The first kappa shape index (κ1) is 12.5. The van der Waals surface area contributed by atoms with Crippen molar-refractivity contribution in [2.24, 2.45) is 0 Å².